The van der Waals surface area contributed by atoms with E-state index in [2.05, 4.69) is 0 Å². The molecule has 0 aliphatic carbocycles. The Morgan fingerprint density at radius 2 is 0.853 bits per heavy atom. The molecule has 0 unspecified atom stereocenters. The highest BCUT2D eigenvalue weighted by molar-refractivity contribution is 5.94. The predicted octanol–water partition coefficient (Wildman–Crippen LogP) is 5.50. The SMILES string of the molecule is Nc1ccc(Oc2ccc(-c3ccc(Oc4ccc(N)c(C(=O)O)c4)cc3)cc2)cc1C(=O)O. The van der Waals surface area contributed by atoms with Gasteiger partial charge in [-0.1, -0.05) is 24.3 Å². The second-order valence-corrected chi connectivity index (χ2v) is 7.36. The molecule has 0 saturated heterocycles. The Balaban J connectivity index is 1.45. The molecular weight excluding hydrogens is 436 g/mol. The lowest BCUT2D eigenvalue weighted by Gasteiger charge is -2.10. The minimum atomic E-state index is -1.12. The average Bonchev–Trinajstić information content (AvgIpc) is 2.82. The van der Waals surface area contributed by atoms with Crippen molar-refractivity contribution in [2.75, 3.05) is 11.5 Å². The fraction of sp³-hybridized carbons (Fsp3) is 0. The van der Waals surface area contributed by atoms with Gasteiger partial charge in [-0.05, 0) is 71.8 Å². The maximum Gasteiger partial charge on any atom is 0.337 e. The van der Waals surface area contributed by atoms with Gasteiger partial charge in [-0.3, -0.25) is 0 Å². The van der Waals surface area contributed by atoms with Crippen LogP contribution in [0.1, 0.15) is 20.7 Å². The van der Waals surface area contributed by atoms with Crippen LogP contribution in [0.2, 0.25) is 0 Å². The molecule has 0 fully saturated rings. The van der Waals surface area contributed by atoms with Gasteiger partial charge in [-0.15, -0.1) is 0 Å². The Labute approximate surface area is 194 Å². The molecule has 0 aromatic heterocycles. The van der Waals surface area contributed by atoms with Crippen molar-refractivity contribution < 1.29 is 29.3 Å². The summed E-state index contributed by atoms with van der Waals surface area (Å²) in [6, 6.07) is 23.6. The number of nitrogens with two attached hydrogens (primary N) is 2. The van der Waals surface area contributed by atoms with Gasteiger partial charge < -0.3 is 31.2 Å². The van der Waals surface area contributed by atoms with Crippen molar-refractivity contribution in [3.05, 3.63) is 96.1 Å². The Bertz CT molecular complexity index is 1260. The smallest absolute Gasteiger partial charge is 0.337 e. The zero-order valence-electron chi connectivity index (χ0n) is 17.8. The van der Waals surface area contributed by atoms with E-state index in [1.165, 1.54) is 24.3 Å². The molecule has 8 heteroatoms. The number of carboxylic acid groups (broad SMARTS) is 2. The van der Waals surface area contributed by atoms with Gasteiger partial charge in [0.1, 0.15) is 23.0 Å². The zero-order valence-corrected chi connectivity index (χ0v) is 17.8. The molecule has 0 bridgehead atoms. The highest BCUT2D eigenvalue weighted by atomic mass is 16.5. The number of ether oxygens (including phenoxy) is 2. The molecule has 6 N–H and O–H groups in total. The molecular formula is C26H20N2O6. The lowest BCUT2D eigenvalue weighted by atomic mass is 10.1. The van der Waals surface area contributed by atoms with Crippen molar-refractivity contribution >= 4 is 23.3 Å². The van der Waals surface area contributed by atoms with E-state index in [0.717, 1.165) is 11.1 Å². The van der Waals surface area contributed by atoms with Gasteiger partial charge in [-0.2, -0.15) is 0 Å². The van der Waals surface area contributed by atoms with Crippen molar-refractivity contribution in [1.29, 1.82) is 0 Å². The summed E-state index contributed by atoms with van der Waals surface area (Å²) >= 11 is 0. The van der Waals surface area contributed by atoms with Crippen LogP contribution in [-0.2, 0) is 0 Å². The highest BCUT2D eigenvalue weighted by Crippen LogP contribution is 2.30. The van der Waals surface area contributed by atoms with Gasteiger partial charge in [0.2, 0.25) is 0 Å². The summed E-state index contributed by atoms with van der Waals surface area (Å²) in [5, 5.41) is 18.4. The van der Waals surface area contributed by atoms with Gasteiger partial charge in [0.05, 0.1) is 11.1 Å². The fourth-order valence-corrected chi connectivity index (χ4v) is 3.27. The van der Waals surface area contributed by atoms with E-state index in [9.17, 15) is 19.8 Å². The van der Waals surface area contributed by atoms with Gasteiger partial charge in [0.25, 0.3) is 0 Å². The zero-order chi connectivity index (χ0) is 24.2. The lowest BCUT2D eigenvalue weighted by molar-refractivity contribution is 0.0687. The molecule has 0 radical (unpaired) electrons. The molecule has 0 saturated carbocycles. The Kier molecular flexibility index (Phi) is 6.05. The molecule has 0 aliphatic heterocycles. The minimum absolute atomic E-state index is 0.0189. The molecule has 0 spiro atoms. The third-order valence-electron chi connectivity index (χ3n) is 5.02. The van der Waals surface area contributed by atoms with Crippen LogP contribution in [0.5, 0.6) is 23.0 Å². The molecule has 4 rings (SSSR count). The van der Waals surface area contributed by atoms with Crippen molar-refractivity contribution in [3.63, 3.8) is 0 Å². The first-order chi connectivity index (χ1) is 16.3. The molecule has 4 aromatic carbocycles. The molecule has 4 aromatic rings. The summed E-state index contributed by atoms with van der Waals surface area (Å²) in [4.78, 5) is 22.5. The number of rotatable bonds is 7. The summed E-state index contributed by atoms with van der Waals surface area (Å²) < 4.78 is 11.5. The predicted molar refractivity (Wildman–Crippen MR) is 128 cm³/mol. The van der Waals surface area contributed by atoms with E-state index < -0.39 is 11.9 Å². The van der Waals surface area contributed by atoms with Gasteiger partial charge in [0, 0.05) is 11.4 Å². The van der Waals surface area contributed by atoms with Crippen LogP contribution < -0.4 is 20.9 Å². The molecule has 34 heavy (non-hydrogen) atoms. The third-order valence-corrected chi connectivity index (χ3v) is 5.02. The number of benzene rings is 4. The van der Waals surface area contributed by atoms with E-state index in [4.69, 9.17) is 20.9 Å². The topological polar surface area (TPSA) is 145 Å². The van der Waals surface area contributed by atoms with Crippen LogP contribution in [0.25, 0.3) is 11.1 Å². The molecule has 0 amide bonds. The molecule has 170 valence electrons. The first-order valence-corrected chi connectivity index (χ1v) is 10.1. The van der Waals surface area contributed by atoms with Gasteiger partial charge in [-0.25, -0.2) is 9.59 Å². The van der Waals surface area contributed by atoms with Crippen LogP contribution >= 0.6 is 0 Å². The monoisotopic (exact) mass is 456 g/mol. The van der Waals surface area contributed by atoms with Crippen LogP contribution in [0.3, 0.4) is 0 Å². The van der Waals surface area contributed by atoms with Crippen LogP contribution in [0.15, 0.2) is 84.9 Å². The quantitative estimate of drug-likeness (QED) is 0.267. The maximum absolute atomic E-state index is 11.2. The Hall–Kier alpha value is -4.98. The third kappa shape index (κ3) is 4.91. The second-order valence-electron chi connectivity index (χ2n) is 7.36. The molecule has 0 aliphatic rings. The van der Waals surface area contributed by atoms with E-state index in [1.807, 2.05) is 24.3 Å². The minimum Gasteiger partial charge on any atom is -0.478 e. The first kappa shape index (κ1) is 22.2. The molecule has 0 heterocycles. The lowest BCUT2D eigenvalue weighted by Crippen LogP contribution is -2.02. The van der Waals surface area contributed by atoms with E-state index in [1.54, 1.807) is 36.4 Å². The maximum atomic E-state index is 11.2. The number of aromatic carboxylic acids is 2. The van der Waals surface area contributed by atoms with Gasteiger partial charge in [0.15, 0.2) is 0 Å². The second kappa shape index (κ2) is 9.25. The van der Waals surface area contributed by atoms with Gasteiger partial charge >= 0.3 is 11.9 Å². The van der Waals surface area contributed by atoms with E-state index >= 15 is 0 Å². The number of carbonyl (C=O) groups is 2. The number of hydrogen-bond donors (Lipinski definition) is 4. The number of anilines is 2. The van der Waals surface area contributed by atoms with Crippen molar-refractivity contribution in [3.8, 4) is 34.1 Å². The van der Waals surface area contributed by atoms with E-state index in [0.29, 0.717) is 23.0 Å². The van der Waals surface area contributed by atoms with E-state index in [-0.39, 0.29) is 22.5 Å². The largest absolute Gasteiger partial charge is 0.478 e. The Morgan fingerprint density at radius 3 is 1.18 bits per heavy atom. The molecule has 8 nitrogen and oxygen atoms in total. The van der Waals surface area contributed by atoms with Crippen LogP contribution in [-0.4, -0.2) is 22.2 Å². The number of hydrogen-bond acceptors (Lipinski definition) is 6. The number of nitrogen functional groups attached to an aromatic ring is 2. The summed E-state index contributed by atoms with van der Waals surface area (Å²) in [6.07, 6.45) is 0. The standard InChI is InChI=1S/C26H20N2O6/c27-23-11-9-19(13-21(23)25(29)30)33-17-5-1-15(2-6-17)16-3-7-18(8-4-16)34-20-10-12-24(28)22(14-20)26(31)32/h1-14H,27-28H2,(H,29,30)(H,31,32). The summed E-state index contributed by atoms with van der Waals surface area (Å²) in [6.45, 7) is 0. The normalized spacial score (nSPS) is 10.5. The summed E-state index contributed by atoms with van der Waals surface area (Å²) in [7, 11) is 0. The average molecular weight is 456 g/mol. The summed E-state index contributed by atoms with van der Waals surface area (Å²) in [5.74, 6) is -0.414. The first-order valence-electron chi connectivity index (χ1n) is 10.1. The van der Waals surface area contributed by atoms with Crippen molar-refractivity contribution in [2.45, 2.75) is 0 Å². The Morgan fingerprint density at radius 1 is 0.529 bits per heavy atom. The molecule has 0 atom stereocenters. The van der Waals surface area contributed by atoms with Crippen LogP contribution in [0.4, 0.5) is 11.4 Å². The highest BCUT2D eigenvalue weighted by Gasteiger charge is 2.11. The van der Waals surface area contributed by atoms with Crippen molar-refractivity contribution in [2.24, 2.45) is 0 Å². The fourth-order valence-electron chi connectivity index (χ4n) is 3.27. The van der Waals surface area contributed by atoms with Crippen LogP contribution in [0, 0.1) is 0 Å². The number of carboxylic acids is 2. The van der Waals surface area contributed by atoms with Crippen molar-refractivity contribution in [1.82, 2.24) is 0 Å². The summed E-state index contributed by atoms with van der Waals surface area (Å²) in [5.41, 5.74) is 13.5.